The van der Waals surface area contributed by atoms with Gasteiger partial charge in [-0.25, -0.2) is 5.10 Å². The number of nitrogens with zero attached hydrogens (tertiary/aromatic N) is 3. The number of H-pyrrole nitrogens is 1. The van der Waals surface area contributed by atoms with Gasteiger partial charge in [-0.2, -0.15) is 10.1 Å². The standard InChI is InChI=1S/C20H16N4O4/c1-28-14-9-7-13(8-10-14)17(25)15-16(12-5-3-2-4-6-12)24(19(27)18(15)26)20-21-11-22-23-20/h2-11,16,25H,1H3,(H,21,22,23). The van der Waals surface area contributed by atoms with Gasteiger partial charge in [0.05, 0.1) is 18.7 Å². The van der Waals surface area contributed by atoms with Crippen LogP contribution in [0.5, 0.6) is 5.75 Å². The van der Waals surface area contributed by atoms with Gasteiger partial charge >= 0.3 is 5.91 Å². The molecule has 2 heterocycles. The first-order chi connectivity index (χ1) is 13.6. The lowest BCUT2D eigenvalue weighted by molar-refractivity contribution is -0.132. The molecular formula is C20H16N4O4. The van der Waals surface area contributed by atoms with Crippen molar-refractivity contribution in [3.05, 3.63) is 77.6 Å². The molecule has 1 unspecified atom stereocenters. The summed E-state index contributed by atoms with van der Waals surface area (Å²) in [7, 11) is 1.53. The molecule has 0 aliphatic carbocycles. The number of aromatic amines is 1. The first kappa shape index (κ1) is 17.5. The molecule has 3 aromatic rings. The van der Waals surface area contributed by atoms with Crippen LogP contribution in [0.25, 0.3) is 5.76 Å². The zero-order valence-electron chi connectivity index (χ0n) is 14.9. The average molecular weight is 376 g/mol. The van der Waals surface area contributed by atoms with Crippen LogP contribution in [0.3, 0.4) is 0 Å². The van der Waals surface area contributed by atoms with E-state index in [-0.39, 0.29) is 17.3 Å². The van der Waals surface area contributed by atoms with E-state index in [2.05, 4.69) is 15.2 Å². The first-order valence-corrected chi connectivity index (χ1v) is 8.47. The van der Waals surface area contributed by atoms with Crippen LogP contribution < -0.4 is 9.64 Å². The summed E-state index contributed by atoms with van der Waals surface area (Å²) in [5.74, 6) is -1.11. The molecule has 28 heavy (non-hydrogen) atoms. The molecule has 4 rings (SSSR count). The Morgan fingerprint density at radius 2 is 1.82 bits per heavy atom. The van der Waals surface area contributed by atoms with Crippen molar-refractivity contribution in [3.8, 4) is 5.75 Å². The number of carbonyl (C=O) groups is 2. The number of rotatable bonds is 4. The molecule has 1 fully saturated rings. The average Bonchev–Trinajstić information content (AvgIpc) is 3.35. The molecule has 1 amide bonds. The van der Waals surface area contributed by atoms with Crippen LogP contribution in [0.2, 0.25) is 0 Å². The summed E-state index contributed by atoms with van der Waals surface area (Å²) in [6.07, 6.45) is 1.25. The molecule has 140 valence electrons. The van der Waals surface area contributed by atoms with E-state index in [0.717, 1.165) is 0 Å². The molecule has 1 aliphatic rings. The monoisotopic (exact) mass is 376 g/mol. The zero-order valence-corrected chi connectivity index (χ0v) is 14.9. The number of aliphatic hydroxyl groups is 1. The summed E-state index contributed by atoms with van der Waals surface area (Å²) in [4.78, 5) is 30.8. The molecule has 8 heteroatoms. The summed E-state index contributed by atoms with van der Waals surface area (Å²) < 4.78 is 5.12. The van der Waals surface area contributed by atoms with Crippen LogP contribution in [0.1, 0.15) is 17.2 Å². The number of aliphatic hydroxyl groups excluding tert-OH is 1. The molecule has 1 atom stereocenters. The van der Waals surface area contributed by atoms with Gasteiger partial charge in [0.25, 0.3) is 5.78 Å². The van der Waals surface area contributed by atoms with Crippen molar-refractivity contribution >= 4 is 23.4 Å². The third-order valence-electron chi connectivity index (χ3n) is 4.55. The number of Topliss-reactive ketones (excluding diaryl/α,β-unsaturated/α-hetero) is 1. The Morgan fingerprint density at radius 3 is 2.43 bits per heavy atom. The van der Waals surface area contributed by atoms with Gasteiger partial charge in [0, 0.05) is 5.56 Å². The van der Waals surface area contributed by atoms with Crippen LogP contribution in [0.15, 0.2) is 66.5 Å². The number of ketones is 1. The van der Waals surface area contributed by atoms with Crippen molar-refractivity contribution in [2.24, 2.45) is 0 Å². The minimum atomic E-state index is -0.837. The lowest BCUT2D eigenvalue weighted by Crippen LogP contribution is -2.30. The fourth-order valence-corrected chi connectivity index (χ4v) is 3.22. The van der Waals surface area contributed by atoms with E-state index in [1.807, 2.05) is 6.07 Å². The van der Waals surface area contributed by atoms with Gasteiger partial charge < -0.3 is 9.84 Å². The largest absolute Gasteiger partial charge is 0.507 e. The summed E-state index contributed by atoms with van der Waals surface area (Å²) in [6.45, 7) is 0. The highest BCUT2D eigenvalue weighted by atomic mass is 16.5. The zero-order chi connectivity index (χ0) is 19.7. The Morgan fingerprint density at radius 1 is 1.11 bits per heavy atom. The van der Waals surface area contributed by atoms with Gasteiger partial charge in [-0.05, 0) is 29.8 Å². The Hall–Kier alpha value is -3.94. The first-order valence-electron chi connectivity index (χ1n) is 8.47. The Balaban J connectivity index is 1.90. The highest BCUT2D eigenvalue weighted by Gasteiger charge is 2.48. The van der Waals surface area contributed by atoms with Gasteiger partial charge in [-0.3, -0.25) is 14.5 Å². The van der Waals surface area contributed by atoms with Gasteiger partial charge in [0.2, 0.25) is 5.95 Å². The SMILES string of the molecule is COc1ccc(C(O)=C2C(=O)C(=O)N(c3ncn[nH]3)C2c2ccccc2)cc1. The van der Waals surface area contributed by atoms with E-state index in [9.17, 15) is 14.7 Å². The van der Waals surface area contributed by atoms with Crippen LogP contribution >= 0.6 is 0 Å². The fourth-order valence-electron chi connectivity index (χ4n) is 3.22. The second-order valence-electron chi connectivity index (χ2n) is 6.12. The molecule has 0 radical (unpaired) electrons. The van der Waals surface area contributed by atoms with Crippen LogP contribution in [-0.4, -0.2) is 39.1 Å². The van der Waals surface area contributed by atoms with E-state index in [1.165, 1.54) is 18.3 Å². The number of hydrogen-bond acceptors (Lipinski definition) is 6. The number of benzene rings is 2. The number of aromatic nitrogens is 3. The number of ether oxygens (including phenoxy) is 1. The summed E-state index contributed by atoms with van der Waals surface area (Å²) in [5.41, 5.74) is 1.04. The van der Waals surface area contributed by atoms with Crippen molar-refractivity contribution in [1.29, 1.82) is 0 Å². The summed E-state index contributed by atoms with van der Waals surface area (Å²) >= 11 is 0. The van der Waals surface area contributed by atoms with E-state index in [4.69, 9.17) is 4.74 Å². The summed E-state index contributed by atoms with van der Waals surface area (Å²) in [5, 5.41) is 17.3. The van der Waals surface area contributed by atoms with Crippen molar-refractivity contribution in [3.63, 3.8) is 0 Å². The molecule has 0 bridgehead atoms. The molecule has 0 saturated carbocycles. The maximum absolute atomic E-state index is 12.8. The molecule has 2 N–H and O–H groups in total. The smallest absolute Gasteiger partial charge is 0.302 e. The number of anilines is 1. The minimum absolute atomic E-state index is 0.0160. The lowest BCUT2D eigenvalue weighted by atomic mass is 9.95. The van der Waals surface area contributed by atoms with Crippen LogP contribution in [0, 0.1) is 0 Å². The van der Waals surface area contributed by atoms with Crippen LogP contribution in [0.4, 0.5) is 5.95 Å². The molecule has 0 spiro atoms. The maximum atomic E-state index is 12.8. The van der Waals surface area contributed by atoms with E-state index in [1.54, 1.807) is 48.5 Å². The van der Waals surface area contributed by atoms with Gasteiger partial charge in [0.15, 0.2) is 0 Å². The van der Waals surface area contributed by atoms with Crippen molar-refractivity contribution in [2.75, 3.05) is 12.0 Å². The molecule has 1 aromatic heterocycles. The number of carbonyl (C=O) groups excluding carboxylic acids is 2. The second-order valence-corrected chi connectivity index (χ2v) is 6.12. The molecule has 2 aromatic carbocycles. The topological polar surface area (TPSA) is 108 Å². The lowest BCUT2D eigenvalue weighted by Gasteiger charge is -2.22. The number of methoxy groups -OCH3 is 1. The third-order valence-corrected chi connectivity index (χ3v) is 4.55. The van der Waals surface area contributed by atoms with E-state index in [0.29, 0.717) is 16.9 Å². The van der Waals surface area contributed by atoms with Crippen molar-refractivity contribution < 1.29 is 19.4 Å². The van der Waals surface area contributed by atoms with Crippen molar-refractivity contribution in [2.45, 2.75) is 6.04 Å². The molecule has 1 aliphatic heterocycles. The van der Waals surface area contributed by atoms with Gasteiger partial charge in [0.1, 0.15) is 17.8 Å². The molecule has 1 saturated heterocycles. The van der Waals surface area contributed by atoms with Gasteiger partial charge in [-0.1, -0.05) is 30.3 Å². The molecule has 8 nitrogen and oxygen atoms in total. The highest BCUT2D eigenvalue weighted by Crippen LogP contribution is 2.40. The van der Waals surface area contributed by atoms with Crippen LogP contribution in [-0.2, 0) is 9.59 Å². The predicted octanol–water partition coefficient (Wildman–Crippen LogP) is 2.44. The van der Waals surface area contributed by atoms with Gasteiger partial charge in [-0.15, -0.1) is 0 Å². The third kappa shape index (κ3) is 2.81. The fraction of sp³-hybridized carbons (Fsp3) is 0.100. The Kier molecular flexibility index (Phi) is 4.36. The predicted molar refractivity (Wildman–Crippen MR) is 101 cm³/mol. The Bertz CT molecular complexity index is 1040. The Labute approximate surface area is 160 Å². The van der Waals surface area contributed by atoms with E-state index >= 15 is 0 Å². The van der Waals surface area contributed by atoms with E-state index < -0.39 is 17.7 Å². The molecular weight excluding hydrogens is 360 g/mol. The minimum Gasteiger partial charge on any atom is -0.507 e. The highest BCUT2D eigenvalue weighted by molar-refractivity contribution is 6.51. The summed E-state index contributed by atoms with van der Waals surface area (Å²) in [6, 6.07) is 14.7. The quantitative estimate of drug-likeness (QED) is 0.411. The maximum Gasteiger partial charge on any atom is 0.302 e. The second kappa shape index (κ2) is 6.99. The normalized spacial score (nSPS) is 18.5. The number of amides is 1. The number of nitrogens with one attached hydrogen (secondary N) is 1. The number of hydrogen-bond donors (Lipinski definition) is 2. The van der Waals surface area contributed by atoms with Crippen molar-refractivity contribution in [1.82, 2.24) is 15.2 Å².